The van der Waals surface area contributed by atoms with E-state index in [2.05, 4.69) is 37.7 Å². The van der Waals surface area contributed by atoms with Crippen molar-refractivity contribution in [2.24, 2.45) is 0 Å². The van der Waals surface area contributed by atoms with Crippen molar-refractivity contribution < 1.29 is 14.0 Å². The molecule has 0 saturated carbocycles. The van der Waals surface area contributed by atoms with Crippen LogP contribution in [-0.2, 0) is 6.54 Å². The third-order valence-corrected chi connectivity index (χ3v) is 7.23. The van der Waals surface area contributed by atoms with E-state index < -0.39 is 0 Å². The molecule has 35 heavy (non-hydrogen) atoms. The molecular formula is C25H25FN6O2S. The van der Waals surface area contributed by atoms with Gasteiger partial charge in [-0.25, -0.2) is 4.39 Å². The number of fused-ring (bicyclic) bond motifs is 1. The van der Waals surface area contributed by atoms with Gasteiger partial charge in [0.25, 0.3) is 11.8 Å². The Labute approximate surface area is 205 Å². The number of amides is 2. The van der Waals surface area contributed by atoms with Crippen molar-refractivity contribution in [3.63, 3.8) is 0 Å². The zero-order valence-electron chi connectivity index (χ0n) is 19.2. The first kappa shape index (κ1) is 23.0. The van der Waals surface area contributed by atoms with Gasteiger partial charge in [0.1, 0.15) is 5.82 Å². The second-order valence-electron chi connectivity index (χ2n) is 8.49. The number of thiophene rings is 1. The minimum atomic E-state index is -0.364. The lowest BCUT2D eigenvalue weighted by Crippen LogP contribution is -2.44. The van der Waals surface area contributed by atoms with Crippen molar-refractivity contribution in [3.8, 4) is 0 Å². The molecule has 1 saturated heterocycles. The number of hydrogen-bond donors (Lipinski definition) is 3. The summed E-state index contributed by atoms with van der Waals surface area (Å²) in [7, 11) is 2.12. The van der Waals surface area contributed by atoms with E-state index in [0.29, 0.717) is 32.0 Å². The Kier molecular flexibility index (Phi) is 6.47. The van der Waals surface area contributed by atoms with Crippen molar-refractivity contribution in [1.29, 1.82) is 0 Å². The Morgan fingerprint density at radius 2 is 1.80 bits per heavy atom. The molecule has 1 aliphatic heterocycles. The predicted octanol–water partition coefficient (Wildman–Crippen LogP) is 3.70. The van der Waals surface area contributed by atoms with Crippen LogP contribution in [0.4, 0.5) is 15.9 Å². The Balaban J connectivity index is 1.24. The highest BCUT2D eigenvalue weighted by Crippen LogP contribution is 2.30. The van der Waals surface area contributed by atoms with Crippen LogP contribution in [0.2, 0.25) is 0 Å². The van der Waals surface area contributed by atoms with Crippen LogP contribution in [0.5, 0.6) is 0 Å². The molecule has 3 N–H and O–H groups in total. The van der Waals surface area contributed by atoms with Crippen LogP contribution in [0.1, 0.15) is 25.6 Å². The van der Waals surface area contributed by atoms with E-state index in [4.69, 9.17) is 0 Å². The molecular weight excluding hydrogens is 467 g/mol. The van der Waals surface area contributed by atoms with Crippen molar-refractivity contribution in [2.45, 2.75) is 6.54 Å². The van der Waals surface area contributed by atoms with Crippen molar-refractivity contribution in [2.75, 3.05) is 43.4 Å². The molecule has 0 atom stereocenters. The summed E-state index contributed by atoms with van der Waals surface area (Å²) < 4.78 is 14.5. The monoisotopic (exact) mass is 492 g/mol. The van der Waals surface area contributed by atoms with Crippen LogP contribution in [0, 0.1) is 5.82 Å². The quantitative estimate of drug-likeness (QED) is 0.382. The zero-order chi connectivity index (χ0) is 24.4. The molecule has 8 nitrogen and oxygen atoms in total. The number of nitrogens with one attached hydrogen (secondary N) is 3. The normalized spacial score (nSPS) is 14.3. The fourth-order valence-electron chi connectivity index (χ4n) is 3.99. The van der Waals surface area contributed by atoms with Gasteiger partial charge >= 0.3 is 0 Å². The molecule has 3 heterocycles. The number of halogens is 1. The highest BCUT2D eigenvalue weighted by molar-refractivity contribution is 7.21. The van der Waals surface area contributed by atoms with E-state index in [-0.39, 0.29) is 24.2 Å². The van der Waals surface area contributed by atoms with E-state index in [1.54, 1.807) is 24.3 Å². The smallest absolute Gasteiger partial charge is 0.261 e. The van der Waals surface area contributed by atoms with Gasteiger partial charge in [-0.15, -0.1) is 11.3 Å². The van der Waals surface area contributed by atoms with Gasteiger partial charge in [0.2, 0.25) is 0 Å². The molecule has 1 fully saturated rings. The first-order chi connectivity index (χ1) is 17.0. The van der Waals surface area contributed by atoms with Crippen LogP contribution in [0.25, 0.3) is 10.2 Å². The van der Waals surface area contributed by atoms with E-state index in [0.717, 1.165) is 31.9 Å². The standard InChI is InChI=1S/C25H25FN6O2S/c1-31-10-12-32(13-11-31)18-8-6-16(7-9-18)24(33)28-23-22-20(29-30-23)14-21(35-22)25(34)27-15-17-4-2-3-5-19(17)26/h2-9,14H,10-13,15H2,1H3,(H,27,34)(H2,28,29,30,33). The van der Waals surface area contributed by atoms with Gasteiger partial charge in [0.15, 0.2) is 5.82 Å². The molecule has 1 aliphatic rings. The predicted molar refractivity (Wildman–Crippen MR) is 136 cm³/mol. The number of nitrogens with zero attached hydrogens (tertiary/aromatic N) is 3. The van der Waals surface area contributed by atoms with Crippen LogP contribution in [0.3, 0.4) is 0 Å². The summed E-state index contributed by atoms with van der Waals surface area (Å²) in [6, 6.07) is 15.5. The summed E-state index contributed by atoms with van der Waals surface area (Å²) in [5.41, 5.74) is 2.68. The minimum Gasteiger partial charge on any atom is -0.369 e. The van der Waals surface area contributed by atoms with Gasteiger partial charge in [-0.1, -0.05) is 18.2 Å². The maximum atomic E-state index is 13.8. The van der Waals surface area contributed by atoms with Gasteiger partial charge in [0.05, 0.1) is 15.1 Å². The van der Waals surface area contributed by atoms with Gasteiger partial charge < -0.3 is 20.4 Å². The number of carbonyl (C=O) groups is 2. The molecule has 2 aromatic carbocycles. The molecule has 0 radical (unpaired) electrons. The third-order valence-electron chi connectivity index (χ3n) is 6.09. The number of piperazine rings is 1. The summed E-state index contributed by atoms with van der Waals surface area (Å²) in [5, 5.41) is 12.6. The fourth-order valence-corrected chi connectivity index (χ4v) is 4.96. The number of carbonyl (C=O) groups excluding carboxylic acids is 2. The molecule has 0 aliphatic carbocycles. The average Bonchev–Trinajstić information content (AvgIpc) is 3.46. The molecule has 0 bridgehead atoms. The summed E-state index contributed by atoms with van der Waals surface area (Å²) in [6.07, 6.45) is 0. The lowest BCUT2D eigenvalue weighted by molar-refractivity contribution is 0.0954. The summed E-state index contributed by atoms with van der Waals surface area (Å²) in [5.74, 6) is -0.593. The maximum absolute atomic E-state index is 13.8. The van der Waals surface area contributed by atoms with Gasteiger partial charge in [-0.05, 0) is 43.4 Å². The molecule has 10 heteroatoms. The zero-order valence-corrected chi connectivity index (χ0v) is 20.0. The maximum Gasteiger partial charge on any atom is 0.261 e. The number of aromatic nitrogens is 2. The Morgan fingerprint density at radius 3 is 2.54 bits per heavy atom. The van der Waals surface area contributed by atoms with Gasteiger partial charge in [-0.2, -0.15) is 5.10 Å². The molecule has 0 spiro atoms. The second kappa shape index (κ2) is 9.85. The van der Waals surface area contributed by atoms with E-state index in [9.17, 15) is 14.0 Å². The third kappa shape index (κ3) is 5.03. The largest absolute Gasteiger partial charge is 0.369 e. The fraction of sp³-hybridized carbons (Fsp3) is 0.240. The first-order valence-electron chi connectivity index (χ1n) is 11.3. The van der Waals surface area contributed by atoms with E-state index in [1.165, 1.54) is 17.4 Å². The highest BCUT2D eigenvalue weighted by Gasteiger charge is 2.18. The lowest BCUT2D eigenvalue weighted by Gasteiger charge is -2.34. The topological polar surface area (TPSA) is 93.4 Å². The SMILES string of the molecule is CN1CCN(c2ccc(C(=O)Nc3n[nH]c4cc(C(=O)NCc5ccccc5F)sc34)cc2)CC1. The lowest BCUT2D eigenvalue weighted by atomic mass is 10.1. The number of likely N-dealkylation sites (N-methyl/N-ethyl adjacent to an activating group) is 1. The summed E-state index contributed by atoms with van der Waals surface area (Å²) in [4.78, 5) is 30.5. The Morgan fingerprint density at radius 1 is 1.06 bits per heavy atom. The average molecular weight is 493 g/mol. The Hall–Kier alpha value is -3.76. The second-order valence-corrected chi connectivity index (χ2v) is 9.54. The number of benzene rings is 2. The van der Waals surface area contributed by atoms with Crippen molar-refractivity contribution >= 4 is 44.9 Å². The van der Waals surface area contributed by atoms with E-state index in [1.807, 2.05) is 24.3 Å². The Bertz CT molecular complexity index is 1360. The molecule has 2 amide bonds. The van der Waals surface area contributed by atoms with Crippen molar-refractivity contribution in [1.82, 2.24) is 20.4 Å². The molecule has 0 unspecified atom stereocenters. The van der Waals surface area contributed by atoms with Crippen molar-refractivity contribution in [3.05, 3.63) is 76.4 Å². The van der Waals surface area contributed by atoms with Crippen LogP contribution in [-0.4, -0.2) is 60.1 Å². The van der Waals surface area contributed by atoms with Gasteiger partial charge in [0, 0.05) is 49.5 Å². The van der Waals surface area contributed by atoms with Gasteiger partial charge in [-0.3, -0.25) is 14.7 Å². The van der Waals surface area contributed by atoms with Crippen LogP contribution in [0.15, 0.2) is 54.6 Å². The van der Waals surface area contributed by atoms with Crippen LogP contribution < -0.4 is 15.5 Å². The summed E-state index contributed by atoms with van der Waals surface area (Å²) in [6.45, 7) is 4.04. The number of H-pyrrole nitrogens is 1. The molecule has 180 valence electrons. The minimum absolute atomic E-state index is 0.0866. The molecule has 5 rings (SSSR count). The number of rotatable bonds is 6. The number of hydrogen-bond acceptors (Lipinski definition) is 6. The summed E-state index contributed by atoms with van der Waals surface area (Å²) >= 11 is 1.21. The molecule has 4 aromatic rings. The number of anilines is 2. The van der Waals surface area contributed by atoms with Crippen LogP contribution >= 0.6 is 11.3 Å². The van der Waals surface area contributed by atoms with E-state index >= 15 is 0 Å². The number of aromatic amines is 1. The first-order valence-corrected chi connectivity index (χ1v) is 12.1. The molecule has 2 aromatic heterocycles. The highest BCUT2D eigenvalue weighted by atomic mass is 32.1.